The summed E-state index contributed by atoms with van der Waals surface area (Å²) >= 11 is 0. The highest BCUT2D eigenvalue weighted by Crippen LogP contribution is 2.30. The van der Waals surface area contributed by atoms with Gasteiger partial charge in [-0.15, -0.1) is 0 Å². The van der Waals surface area contributed by atoms with E-state index in [0.717, 1.165) is 12.0 Å². The van der Waals surface area contributed by atoms with Gasteiger partial charge in [-0.1, -0.05) is 13.0 Å². The number of sulfonamides is 1. The van der Waals surface area contributed by atoms with Crippen molar-refractivity contribution in [3.63, 3.8) is 0 Å². The van der Waals surface area contributed by atoms with Crippen molar-refractivity contribution in [3.05, 3.63) is 23.8 Å². The van der Waals surface area contributed by atoms with E-state index >= 15 is 0 Å². The van der Waals surface area contributed by atoms with E-state index in [9.17, 15) is 8.42 Å². The van der Waals surface area contributed by atoms with Crippen molar-refractivity contribution in [1.29, 1.82) is 0 Å². The summed E-state index contributed by atoms with van der Waals surface area (Å²) in [6.07, 6.45) is 0.820. The number of hydrogen-bond donors (Lipinski definition) is 2. The van der Waals surface area contributed by atoms with E-state index in [2.05, 4.69) is 5.32 Å². The van der Waals surface area contributed by atoms with Crippen molar-refractivity contribution < 1.29 is 17.9 Å². The Morgan fingerprint density at radius 1 is 1.25 bits per heavy atom. The molecular formula is C13H22N2O4S. The topological polar surface area (TPSA) is 90.7 Å². The van der Waals surface area contributed by atoms with E-state index in [1.165, 1.54) is 0 Å². The molecule has 0 aliphatic carbocycles. The zero-order valence-electron chi connectivity index (χ0n) is 12.0. The molecular weight excluding hydrogens is 280 g/mol. The number of nitrogens with one attached hydrogen (secondary N) is 1. The quantitative estimate of drug-likeness (QED) is 0.748. The third-order valence-corrected chi connectivity index (χ3v) is 3.77. The van der Waals surface area contributed by atoms with Gasteiger partial charge in [0.05, 0.1) is 20.0 Å². The molecule has 0 aliphatic rings. The van der Waals surface area contributed by atoms with Crippen LogP contribution in [0.5, 0.6) is 11.5 Å². The molecule has 0 heterocycles. The first-order valence-corrected chi connectivity index (χ1v) is 8.08. The number of ether oxygens (including phenoxy) is 2. The number of hydrogen-bond acceptors (Lipinski definition) is 5. The van der Waals surface area contributed by atoms with Crippen LogP contribution in [0.1, 0.15) is 24.9 Å². The van der Waals surface area contributed by atoms with E-state index in [0.29, 0.717) is 18.0 Å². The van der Waals surface area contributed by atoms with Crippen LogP contribution in [-0.4, -0.2) is 34.9 Å². The molecule has 0 fully saturated rings. The fourth-order valence-electron chi connectivity index (χ4n) is 1.94. The van der Waals surface area contributed by atoms with Gasteiger partial charge in [-0.2, -0.15) is 0 Å². The van der Waals surface area contributed by atoms with Gasteiger partial charge >= 0.3 is 0 Å². The predicted molar refractivity (Wildman–Crippen MR) is 78.6 cm³/mol. The first kappa shape index (κ1) is 16.7. The molecule has 1 atom stereocenters. The SMILES string of the molecule is CCC(NCCS(N)(=O)=O)c1ccc(OC)c(OC)c1. The van der Waals surface area contributed by atoms with Gasteiger partial charge < -0.3 is 14.8 Å². The van der Waals surface area contributed by atoms with Gasteiger partial charge in [0.15, 0.2) is 11.5 Å². The molecule has 6 nitrogen and oxygen atoms in total. The Bertz CT molecular complexity index is 531. The van der Waals surface area contributed by atoms with Gasteiger partial charge in [0.1, 0.15) is 0 Å². The van der Waals surface area contributed by atoms with E-state index in [1.807, 2.05) is 25.1 Å². The van der Waals surface area contributed by atoms with Crippen molar-refractivity contribution in [1.82, 2.24) is 5.32 Å². The van der Waals surface area contributed by atoms with Crippen LogP contribution in [0.2, 0.25) is 0 Å². The lowest BCUT2D eigenvalue weighted by Gasteiger charge is -2.18. The van der Waals surface area contributed by atoms with Crippen molar-refractivity contribution in [2.75, 3.05) is 26.5 Å². The molecule has 3 N–H and O–H groups in total. The van der Waals surface area contributed by atoms with Crippen molar-refractivity contribution in [2.24, 2.45) is 5.14 Å². The molecule has 1 rings (SSSR count). The lowest BCUT2D eigenvalue weighted by Crippen LogP contribution is -2.29. The molecule has 1 unspecified atom stereocenters. The fourth-order valence-corrected chi connectivity index (χ4v) is 2.35. The summed E-state index contributed by atoms with van der Waals surface area (Å²) in [4.78, 5) is 0. The molecule has 0 aromatic heterocycles. The second kappa shape index (κ2) is 7.47. The summed E-state index contributed by atoms with van der Waals surface area (Å²) in [6.45, 7) is 2.33. The van der Waals surface area contributed by atoms with Crippen LogP contribution in [-0.2, 0) is 10.0 Å². The van der Waals surface area contributed by atoms with Crippen LogP contribution in [0, 0.1) is 0 Å². The number of rotatable bonds is 8. The van der Waals surface area contributed by atoms with Crippen LogP contribution < -0.4 is 19.9 Å². The maximum atomic E-state index is 10.9. The number of primary sulfonamides is 1. The second-order valence-corrected chi connectivity index (χ2v) is 6.13. The summed E-state index contributed by atoms with van der Waals surface area (Å²) in [6, 6.07) is 5.69. The lowest BCUT2D eigenvalue weighted by molar-refractivity contribution is 0.353. The monoisotopic (exact) mass is 302 g/mol. The summed E-state index contributed by atoms with van der Waals surface area (Å²) in [5, 5.41) is 8.16. The number of methoxy groups -OCH3 is 2. The van der Waals surface area contributed by atoms with E-state index in [1.54, 1.807) is 14.2 Å². The minimum absolute atomic E-state index is 0.0385. The van der Waals surface area contributed by atoms with E-state index in [-0.39, 0.29) is 11.8 Å². The van der Waals surface area contributed by atoms with Crippen molar-refractivity contribution >= 4 is 10.0 Å². The second-order valence-electron chi connectivity index (χ2n) is 4.40. The molecule has 114 valence electrons. The predicted octanol–water partition coefficient (Wildman–Crippen LogP) is 1.03. The van der Waals surface area contributed by atoms with Crippen molar-refractivity contribution in [2.45, 2.75) is 19.4 Å². The smallest absolute Gasteiger partial charge is 0.210 e. The fraction of sp³-hybridized carbons (Fsp3) is 0.538. The Morgan fingerprint density at radius 2 is 1.90 bits per heavy atom. The van der Waals surface area contributed by atoms with Crippen molar-refractivity contribution in [3.8, 4) is 11.5 Å². The minimum atomic E-state index is -3.44. The Kier molecular flexibility index (Phi) is 6.25. The molecule has 0 spiro atoms. The van der Waals surface area contributed by atoms with Crippen LogP contribution in [0.4, 0.5) is 0 Å². The average Bonchev–Trinajstić information content (AvgIpc) is 2.41. The molecule has 0 bridgehead atoms. The highest BCUT2D eigenvalue weighted by molar-refractivity contribution is 7.89. The van der Waals surface area contributed by atoms with Gasteiger partial charge in [-0.05, 0) is 24.1 Å². The van der Waals surface area contributed by atoms with E-state index < -0.39 is 10.0 Å². The average molecular weight is 302 g/mol. The Hall–Kier alpha value is -1.31. The third-order valence-electron chi connectivity index (χ3n) is 3.00. The highest BCUT2D eigenvalue weighted by Gasteiger charge is 2.13. The van der Waals surface area contributed by atoms with Crippen LogP contribution in [0.25, 0.3) is 0 Å². The molecule has 1 aromatic carbocycles. The summed E-state index contributed by atoms with van der Waals surface area (Å²) in [5.74, 6) is 1.23. The van der Waals surface area contributed by atoms with Gasteiger partial charge in [0, 0.05) is 12.6 Å². The molecule has 0 saturated carbocycles. The van der Waals surface area contributed by atoms with Crippen LogP contribution in [0.3, 0.4) is 0 Å². The van der Waals surface area contributed by atoms with Gasteiger partial charge in [-0.3, -0.25) is 0 Å². The summed E-state index contributed by atoms with van der Waals surface area (Å²) in [5.41, 5.74) is 1.01. The van der Waals surface area contributed by atoms with Gasteiger partial charge in [0.25, 0.3) is 0 Å². The number of nitrogens with two attached hydrogens (primary N) is 1. The molecule has 1 aromatic rings. The largest absolute Gasteiger partial charge is 0.493 e. The first-order chi connectivity index (χ1) is 9.41. The van der Waals surface area contributed by atoms with E-state index in [4.69, 9.17) is 14.6 Å². The summed E-state index contributed by atoms with van der Waals surface area (Å²) < 4.78 is 32.3. The zero-order chi connectivity index (χ0) is 15.2. The normalized spacial score (nSPS) is 13.0. The number of benzene rings is 1. The van der Waals surface area contributed by atoms with Crippen LogP contribution >= 0.6 is 0 Å². The molecule has 20 heavy (non-hydrogen) atoms. The van der Waals surface area contributed by atoms with Gasteiger partial charge in [0.2, 0.25) is 10.0 Å². The third kappa shape index (κ3) is 4.99. The highest BCUT2D eigenvalue weighted by atomic mass is 32.2. The Balaban J connectivity index is 2.79. The maximum Gasteiger partial charge on any atom is 0.210 e. The Labute approximate surface area is 120 Å². The molecule has 0 amide bonds. The maximum absolute atomic E-state index is 10.9. The zero-order valence-corrected chi connectivity index (χ0v) is 12.9. The molecule has 0 saturated heterocycles. The molecule has 0 radical (unpaired) electrons. The lowest BCUT2D eigenvalue weighted by atomic mass is 10.0. The van der Waals surface area contributed by atoms with Crippen LogP contribution in [0.15, 0.2) is 18.2 Å². The summed E-state index contributed by atoms with van der Waals surface area (Å²) in [7, 11) is -0.278. The standard InChI is InChI=1S/C13H22N2O4S/c1-4-11(15-7-8-20(14,16)17)10-5-6-12(18-2)13(9-10)19-3/h5-6,9,11,15H,4,7-8H2,1-3H3,(H2,14,16,17). The first-order valence-electron chi connectivity index (χ1n) is 6.37. The Morgan fingerprint density at radius 3 is 2.40 bits per heavy atom. The minimum Gasteiger partial charge on any atom is -0.493 e. The molecule has 7 heteroatoms. The van der Waals surface area contributed by atoms with Gasteiger partial charge in [-0.25, -0.2) is 13.6 Å². The molecule has 0 aliphatic heterocycles.